The van der Waals surface area contributed by atoms with Crippen LogP contribution in [-0.4, -0.2) is 9.55 Å². The molecule has 0 aliphatic heterocycles. The average Bonchev–Trinajstić information content (AvgIpc) is 2.67. The molecule has 1 aromatic heterocycles. The number of aromatic nitrogens is 2. The summed E-state index contributed by atoms with van der Waals surface area (Å²) < 4.78 is 15.6. The monoisotopic (exact) mass is 281 g/mol. The van der Waals surface area contributed by atoms with Crippen LogP contribution >= 0.6 is 11.6 Å². The molecule has 0 saturated heterocycles. The fourth-order valence-electron chi connectivity index (χ4n) is 2.99. The molecule has 1 fully saturated rings. The van der Waals surface area contributed by atoms with Gasteiger partial charge in [0.05, 0.1) is 16.1 Å². The first kappa shape index (κ1) is 12.7. The molecule has 0 spiro atoms. The van der Waals surface area contributed by atoms with Gasteiger partial charge < -0.3 is 10.3 Å². The van der Waals surface area contributed by atoms with E-state index in [1.807, 2.05) is 4.57 Å². The molecule has 3 nitrogen and oxygen atoms in total. The van der Waals surface area contributed by atoms with Gasteiger partial charge in [-0.3, -0.25) is 0 Å². The molecule has 0 bridgehead atoms. The Morgan fingerprint density at radius 3 is 2.68 bits per heavy atom. The van der Waals surface area contributed by atoms with Gasteiger partial charge in [0.25, 0.3) is 0 Å². The van der Waals surface area contributed by atoms with Gasteiger partial charge in [-0.25, -0.2) is 9.37 Å². The Morgan fingerprint density at radius 1 is 1.32 bits per heavy atom. The lowest BCUT2D eigenvalue weighted by atomic mass is 9.87. The average molecular weight is 282 g/mol. The maximum atomic E-state index is 13.7. The summed E-state index contributed by atoms with van der Waals surface area (Å²) in [4.78, 5) is 4.30. The van der Waals surface area contributed by atoms with Gasteiger partial charge in [0.2, 0.25) is 5.95 Å². The number of halogens is 2. The molecule has 5 heteroatoms. The molecule has 1 aliphatic carbocycles. The highest BCUT2D eigenvalue weighted by molar-refractivity contribution is 6.31. The zero-order valence-electron chi connectivity index (χ0n) is 10.9. The Bertz CT molecular complexity index is 615. The van der Waals surface area contributed by atoms with Gasteiger partial charge in [0.1, 0.15) is 5.82 Å². The maximum absolute atomic E-state index is 13.7. The van der Waals surface area contributed by atoms with Crippen molar-refractivity contribution < 1.29 is 4.39 Å². The summed E-state index contributed by atoms with van der Waals surface area (Å²) in [5.41, 5.74) is 7.42. The van der Waals surface area contributed by atoms with E-state index in [4.69, 9.17) is 17.3 Å². The van der Waals surface area contributed by atoms with Crippen molar-refractivity contribution in [3.63, 3.8) is 0 Å². The highest BCUT2D eigenvalue weighted by atomic mass is 35.5. The Morgan fingerprint density at radius 2 is 2.00 bits per heavy atom. The normalized spacial score (nSPS) is 23.9. The molecule has 102 valence electrons. The number of nitrogen functional groups attached to an aromatic ring is 1. The predicted molar refractivity (Wildman–Crippen MR) is 75.8 cm³/mol. The number of nitrogens with zero attached hydrogens (tertiary/aromatic N) is 2. The molecular weight excluding hydrogens is 265 g/mol. The standard InChI is InChI=1S/C14H17ClFN3/c1-8-2-4-9(5-3-8)19-13-7-11(16)10(15)6-12(13)18-14(19)17/h6-9H,2-5H2,1H3,(H2,17,18). The zero-order chi connectivity index (χ0) is 13.6. The number of anilines is 1. The molecule has 1 aromatic carbocycles. The van der Waals surface area contributed by atoms with Crippen LogP contribution in [0.1, 0.15) is 38.6 Å². The van der Waals surface area contributed by atoms with Gasteiger partial charge in [-0.05, 0) is 37.7 Å². The van der Waals surface area contributed by atoms with Crippen molar-refractivity contribution in [1.82, 2.24) is 9.55 Å². The largest absolute Gasteiger partial charge is 0.369 e. The molecule has 0 unspecified atom stereocenters. The number of rotatable bonds is 1. The fourth-order valence-corrected chi connectivity index (χ4v) is 3.15. The molecule has 0 atom stereocenters. The molecule has 1 saturated carbocycles. The highest BCUT2D eigenvalue weighted by Gasteiger charge is 2.23. The lowest BCUT2D eigenvalue weighted by Crippen LogP contribution is -2.18. The first-order chi connectivity index (χ1) is 9.06. The fraction of sp³-hybridized carbons (Fsp3) is 0.500. The van der Waals surface area contributed by atoms with Crippen molar-refractivity contribution >= 4 is 28.6 Å². The van der Waals surface area contributed by atoms with Crippen molar-refractivity contribution in [3.05, 3.63) is 23.0 Å². The molecule has 3 rings (SSSR count). The molecule has 2 N–H and O–H groups in total. The summed E-state index contributed by atoms with van der Waals surface area (Å²) in [6.45, 7) is 2.27. The van der Waals surface area contributed by atoms with Gasteiger partial charge in [-0.15, -0.1) is 0 Å². The second kappa shape index (κ2) is 4.67. The summed E-state index contributed by atoms with van der Waals surface area (Å²) in [5, 5.41) is 0.0921. The van der Waals surface area contributed by atoms with E-state index in [0.29, 0.717) is 17.5 Å². The number of hydrogen-bond donors (Lipinski definition) is 1. The number of benzene rings is 1. The van der Waals surface area contributed by atoms with E-state index >= 15 is 0 Å². The van der Waals surface area contributed by atoms with Crippen LogP contribution < -0.4 is 5.73 Å². The number of fused-ring (bicyclic) bond motifs is 1. The van der Waals surface area contributed by atoms with Crippen LogP contribution in [0.2, 0.25) is 5.02 Å². The summed E-state index contributed by atoms with van der Waals surface area (Å²) in [6.07, 6.45) is 4.50. The lowest BCUT2D eigenvalue weighted by Gasteiger charge is -2.28. The Hall–Kier alpha value is -1.29. The van der Waals surface area contributed by atoms with Crippen LogP contribution in [-0.2, 0) is 0 Å². The summed E-state index contributed by atoms with van der Waals surface area (Å²) in [7, 11) is 0. The zero-order valence-corrected chi connectivity index (χ0v) is 11.6. The van der Waals surface area contributed by atoms with Crippen LogP contribution in [0.3, 0.4) is 0 Å². The van der Waals surface area contributed by atoms with E-state index in [9.17, 15) is 4.39 Å². The molecule has 1 aliphatic rings. The van der Waals surface area contributed by atoms with E-state index in [-0.39, 0.29) is 5.02 Å². The highest BCUT2D eigenvalue weighted by Crippen LogP contribution is 2.36. The first-order valence-corrected chi connectivity index (χ1v) is 7.06. The molecule has 2 aromatic rings. The minimum absolute atomic E-state index is 0.0921. The number of hydrogen-bond acceptors (Lipinski definition) is 2. The van der Waals surface area contributed by atoms with Gasteiger partial charge in [-0.2, -0.15) is 0 Å². The van der Waals surface area contributed by atoms with Crippen molar-refractivity contribution in [2.75, 3.05) is 5.73 Å². The Kier molecular flexibility index (Phi) is 3.13. The maximum Gasteiger partial charge on any atom is 0.201 e. The van der Waals surface area contributed by atoms with Crippen LogP contribution in [0, 0.1) is 11.7 Å². The van der Waals surface area contributed by atoms with Crippen molar-refractivity contribution in [2.24, 2.45) is 5.92 Å². The topological polar surface area (TPSA) is 43.8 Å². The minimum Gasteiger partial charge on any atom is -0.369 e. The summed E-state index contributed by atoms with van der Waals surface area (Å²) in [6, 6.07) is 3.31. The van der Waals surface area contributed by atoms with Crippen LogP contribution in [0.5, 0.6) is 0 Å². The SMILES string of the molecule is CC1CCC(n2c(N)nc3cc(Cl)c(F)cc32)CC1. The van der Waals surface area contributed by atoms with E-state index in [0.717, 1.165) is 24.3 Å². The molecular formula is C14H17ClFN3. The molecule has 19 heavy (non-hydrogen) atoms. The van der Waals surface area contributed by atoms with Crippen molar-refractivity contribution in [3.8, 4) is 0 Å². The van der Waals surface area contributed by atoms with Crippen LogP contribution in [0.4, 0.5) is 10.3 Å². The molecule has 1 heterocycles. The molecule has 0 radical (unpaired) electrons. The van der Waals surface area contributed by atoms with Gasteiger partial charge >= 0.3 is 0 Å². The predicted octanol–water partition coefficient (Wildman–Crippen LogP) is 4.16. The smallest absolute Gasteiger partial charge is 0.201 e. The summed E-state index contributed by atoms with van der Waals surface area (Å²) >= 11 is 5.79. The second-order valence-electron chi connectivity index (χ2n) is 5.51. The third kappa shape index (κ3) is 2.18. The van der Waals surface area contributed by atoms with E-state index in [1.54, 1.807) is 6.07 Å². The van der Waals surface area contributed by atoms with E-state index in [2.05, 4.69) is 11.9 Å². The molecule has 0 amide bonds. The van der Waals surface area contributed by atoms with Gasteiger partial charge in [-0.1, -0.05) is 18.5 Å². The third-order valence-electron chi connectivity index (χ3n) is 4.11. The number of nitrogens with two attached hydrogens (primary N) is 1. The Labute approximate surface area is 116 Å². The Balaban J connectivity index is 2.07. The van der Waals surface area contributed by atoms with E-state index < -0.39 is 5.82 Å². The van der Waals surface area contributed by atoms with Gasteiger partial charge in [0.15, 0.2) is 0 Å². The number of imidazole rings is 1. The minimum atomic E-state index is -0.417. The summed E-state index contributed by atoms with van der Waals surface area (Å²) in [5.74, 6) is 0.800. The van der Waals surface area contributed by atoms with Crippen LogP contribution in [0.25, 0.3) is 11.0 Å². The van der Waals surface area contributed by atoms with E-state index in [1.165, 1.54) is 18.9 Å². The van der Waals surface area contributed by atoms with Gasteiger partial charge in [0, 0.05) is 12.1 Å². The lowest BCUT2D eigenvalue weighted by molar-refractivity contribution is 0.296. The first-order valence-electron chi connectivity index (χ1n) is 6.68. The second-order valence-corrected chi connectivity index (χ2v) is 5.92. The van der Waals surface area contributed by atoms with Crippen LogP contribution in [0.15, 0.2) is 12.1 Å². The van der Waals surface area contributed by atoms with Crippen molar-refractivity contribution in [1.29, 1.82) is 0 Å². The third-order valence-corrected chi connectivity index (χ3v) is 4.40. The van der Waals surface area contributed by atoms with Crippen molar-refractivity contribution in [2.45, 2.75) is 38.6 Å². The quantitative estimate of drug-likeness (QED) is 0.853.